The monoisotopic (exact) mass is 246 g/mol. The maximum absolute atomic E-state index is 10.7. The molecule has 0 aliphatic heterocycles. The molecule has 0 atom stereocenters. The van der Waals surface area contributed by atoms with E-state index >= 15 is 0 Å². The van der Waals surface area contributed by atoms with Crippen LogP contribution < -0.4 is 4.90 Å². The van der Waals surface area contributed by atoms with Crippen molar-refractivity contribution < 1.29 is 14.4 Å². The lowest BCUT2D eigenvalue weighted by Gasteiger charge is -2.16. The minimum Gasteiger partial charge on any atom is -0.476 e. The number of carbonyl (C=O) groups is 1. The Morgan fingerprint density at radius 2 is 2.06 bits per heavy atom. The van der Waals surface area contributed by atoms with E-state index in [1.165, 1.54) is 6.07 Å². The SMILES string of the molecule is Cc1ccc(-c2cc(C(=O)O)no2)cc1N(C)C. The van der Waals surface area contributed by atoms with Crippen LogP contribution in [-0.4, -0.2) is 30.3 Å². The Morgan fingerprint density at radius 3 is 2.61 bits per heavy atom. The minimum absolute atomic E-state index is 0.0861. The van der Waals surface area contributed by atoms with E-state index in [2.05, 4.69) is 5.16 Å². The molecular weight excluding hydrogens is 232 g/mol. The Bertz CT molecular complexity index is 588. The molecule has 2 rings (SSSR count). The lowest BCUT2D eigenvalue weighted by molar-refractivity contribution is 0.0686. The number of aromatic nitrogens is 1. The van der Waals surface area contributed by atoms with Crippen LogP contribution in [-0.2, 0) is 0 Å². The van der Waals surface area contributed by atoms with Crippen molar-refractivity contribution in [2.24, 2.45) is 0 Å². The second kappa shape index (κ2) is 4.52. The van der Waals surface area contributed by atoms with E-state index in [-0.39, 0.29) is 5.69 Å². The molecular formula is C13H14N2O3. The first-order valence-corrected chi connectivity index (χ1v) is 5.47. The largest absolute Gasteiger partial charge is 0.476 e. The van der Waals surface area contributed by atoms with E-state index in [1.807, 2.05) is 44.1 Å². The van der Waals surface area contributed by atoms with E-state index in [9.17, 15) is 4.79 Å². The summed E-state index contributed by atoms with van der Waals surface area (Å²) < 4.78 is 5.04. The molecule has 5 nitrogen and oxygen atoms in total. The third kappa shape index (κ3) is 2.20. The second-order valence-corrected chi connectivity index (χ2v) is 4.28. The number of rotatable bonds is 3. The van der Waals surface area contributed by atoms with Gasteiger partial charge in [-0.1, -0.05) is 17.3 Å². The normalized spacial score (nSPS) is 10.4. The van der Waals surface area contributed by atoms with E-state index in [0.717, 1.165) is 16.8 Å². The van der Waals surface area contributed by atoms with Crippen LogP contribution >= 0.6 is 0 Å². The number of hydrogen-bond acceptors (Lipinski definition) is 4. The van der Waals surface area contributed by atoms with E-state index < -0.39 is 5.97 Å². The highest BCUT2D eigenvalue weighted by Crippen LogP contribution is 2.27. The highest BCUT2D eigenvalue weighted by atomic mass is 16.5. The summed E-state index contributed by atoms with van der Waals surface area (Å²) in [5.74, 6) is -0.638. The summed E-state index contributed by atoms with van der Waals surface area (Å²) in [4.78, 5) is 12.7. The molecule has 94 valence electrons. The third-order valence-corrected chi connectivity index (χ3v) is 2.70. The fraction of sp³-hybridized carbons (Fsp3) is 0.231. The topological polar surface area (TPSA) is 66.6 Å². The zero-order chi connectivity index (χ0) is 13.3. The van der Waals surface area contributed by atoms with Crippen LogP contribution in [0.25, 0.3) is 11.3 Å². The molecule has 1 aromatic carbocycles. The van der Waals surface area contributed by atoms with Gasteiger partial charge < -0.3 is 14.5 Å². The van der Waals surface area contributed by atoms with Gasteiger partial charge in [-0.25, -0.2) is 4.79 Å². The quantitative estimate of drug-likeness (QED) is 0.900. The molecule has 1 aromatic heterocycles. The summed E-state index contributed by atoms with van der Waals surface area (Å²) in [5.41, 5.74) is 2.92. The van der Waals surface area contributed by atoms with Gasteiger partial charge in [0.25, 0.3) is 0 Å². The fourth-order valence-electron chi connectivity index (χ4n) is 1.76. The number of benzene rings is 1. The first-order chi connectivity index (χ1) is 8.49. The lowest BCUT2D eigenvalue weighted by atomic mass is 10.1. The van der Waals surface area contributed by atoms with Gasteiger partial charge in [-0.2, -0.15) is 0 Å². The van der Waals surface area contributed by atoms with Crippen LogP contribution in [0.3, 0.4) is 0 Å². The molecule has 1 N–H and O–H groups in total. The molecule has 0 spiro atoms. The van der Waals surface area contributed by atoms with Crippen LogP contribution in [0, 0.1) is 6.92 Å². The van der Waals surface area contributed by atoms with E-state index in [4.69, 9.17) is 9.63 Å². The van der Waals surface area contributed by atoms with Crippen molar-refractivity contribution in [1.29, 1.82) is 0 Å². The van der Waals surface area contributed by atoms with Crippen molar-refractivity contribution >= 4 is 11.7 Å². The molecule has 0 aliphatic carbocycles. The highest BCUT2D eigenvalue weighted by molar-refractivity contribution is 5.86. The summed E-state index contributed by atoms with van der Waals surface area (Å²) >= 11 is 0. The molecule has 5 heteroatoms. The van der Waals surface area contributed by atoms with Crippen LogP contribution in [0.1, 0.15) is 16.1 Å². The predicted octanol–water partition coefficient (Wildman–Crippen LogP) is 2.41. The summed E-state index contributed by atoms with van der Waals surface area (Å²) in [6.07, 6.45) is 0. The zero-order valence-corrected chi connectivity index (χ0v) is 10.5. The van der Waals surface area contributed by atoms with Crippen molar-refractivity contribution in [3.8, 4) is 11.3 Å². The van der Waals surface area contributed by atoms with Gasteiger partial charge in [-0.3, -0.25) is 0 Å². The number of nitrogens with zero attached hydrogens (tertiary/aromatic N) is 2. The lowest BCUT2D eigenvalue weighted by Crippen LogP contribution is -2.10. The number of carboxylic acid groups (broad SMARTS) is 1. The van der Waals surface area contributed by atoms with Crippen LogP contribution in [0.4, 0.5) is 5.69 Å². The van der Waals surface area contributed by atoms with Crippen molar-refractivity contribution in [1.82, 2.24) is 5.16 Å². The number of carboxylic acids is 1. The molecule has 0 fully saturated rings. The van der Waals surface area contributed by atoms with Gasteiger partial charge in [0.1, 0.15) is 0 Å². The van der Waals surface area contributed by atoms with Gasteiger partial charge in [0.05, 0.1) is 0 Å². The van der Waals surface area contributed by atoms with Gasteiger partial charge in [-0.05, 0) is 18.6 Å². The minimum atomic E-state index is -1.09. The molecule has 0 radical (unpaired) electrons. The first-order valence-electron chi connectivity index (χ1n) is 5.47. The summed E-state index contributed by atoms with van der Waals surface area (Å²) in [6, 6.07) is 7.22. The maximum atomic E-state index is 10.7. The van der Waals surface area contributed by atoms with E-state index in [0.29, 0.717) is 5.76 Å². The Balaban J connectivity index is 2.44. The Hall–Kier alpha value is -2.30. The first kappa shape index (κ1) is 12.2. The van der Waals surface area contributed by atoms with Crippen LogP contribution in [0.2, 0.25) is 0 Å². The summed E-state index contributed by atoms with van der Waals surface area (Å²) in [6.45, 7) is 2.02. The average molecular weight is 246 g/mol. The van der Waals surface area contributed by atoms with Gasteiger partial charge in [-0.15, -0.1) is 0 Å². The van der Waals surface area contributed by atoms with Gasteiger partial charge >= 0.3 is 5.97 Å². The second-order valence-electron chi connectivity index (χ2n) is 4.28. The Morgan fingerprint density at radius 1 is 1.33 bits per heavy atom. The predicted molar refractivity (Wildman–Crippen MR) is 68.0 cm³/mol. The standard InChI is InChI=1S/C13H14N2O3/c1-8-4-5-9(6-11(8)15(2)3)12-7-10(13(16)17)14-18-12/h4-7H,1-3H3,(H,16,17). The molecule has 2 aromatic rings. The Kier molecular flexibility index (Phi) is 3.06. The van der Waals surface area contributed by atoms with Crippen molar-refractivity contribution in [3.63, 3.8) is 0 Å². The molecule has 0 bridgehead atoms. The smallest absolute Gasteiger partial charge is 0.358 e. The number of hydrogen-bond donors (Lipinski definition) is 1. The van der Waals surface area contributed by atoms with Crippen LogP contribution in [0.5, 0.6) is 0 Å². The molecule has 0 amide bonds. The molecule has 0 aliphatic rings. The summed E-state index contributed by atoms with van der Waals surface area (Å²) in [7, 11) is 3.91. The number of aromatic carboxylic acids is 1. The highest BCUT2D eigenvalue weighted by Gasteiger charge is 2.13. The van der Waals surface area contributed by atoms with Gasteiger partial charge in [0, 0.05) is 31.4 Å². The molecule has 0 saturated carbocycles. The molecule has 1 heterocycles. The maximum Gasteiger partial charge on any atom is 0.358 e. The summed E-state index contributed by atoms with van der Waals surface area (Å²) in [5, 5.41) is 12.3. The fourth-order valence-corrected chi connectivity index (χ4v) is 1.76. The number of aryl methyl sites for hydroxylation is 1. The third-order valence-electron chi connectivity index (χ3n) is 2.70. The Labute approximate surface area is 105 Å². The number of anilines is 1. The molecule has 18 heavy (non-hydrogen) atoms. The van der Waals surface area contributed by atoms with Gasteiger partial charge in [0.15, 0.2) is 11.5 Å². The van der Waals surface area contributed by atoms with Gasteiger partial charge in [0.2, 0.25) is 0 Å². The van der Waals surface area contributed by atoms with E-state index in [1.54, 1.807) is 0 Å². The molecule has 0 unspecified atom stereocenters. The average Bonchev–Trinajstić information content (AvgIpc) is 2.78. The van der Waals surface area contributed by atoms with Crippen molar-refractivity contribution in [3.05, 3.63) is 35.5 Å². The molecule has 0 saturated heterocycles. The van der Waals surface area contributed by atoms with Crippen molar-refractivity contribution in [2.75, 3.05) is 19.0 Å². The van der Waals surface area contributed by atoms with Crippen molar-refractivity contribution in [2.45, 2.75) is 6.92 Å². The van der Waals surface area contributed by atoms with Crippen LogP contribution in [0.15, 0.2) is 28.8 Å². The zero-order valence-electron chi connectivity index (χ0n) is 10.5.